The topological polar surface area (TPSA) is 98.4 Å². The van der Waals surface area contributed by atoms with Crippen LogP contribution >= 0.6 is 0 Å². The van der Waals surface area contributed by atoms with Crippen molar-refractivity contribution < 1.29 is 19.1 Å². The molecule has 1 heterocycles. The predicted octanol–water partition coefficient (Wildman–Crippen LogP) is 1.17. The Morgan fingerprint density at radius 1 is 1.09 bits per heavy atom. The molecule has 0 unspecified atom stereocenters. The van der Waals surface area contributed by atoms with Crippen LogP contribution in [0.1, 0.15) is 5.56 Å². The molecule has 1 N–H and O–H groups in total. The minimum absolute atomic E-state index is 0.297. The second kappa shape index (κ2) is 7.17. The van der Waals surface area contributed by atoms with Crippen molar-refractivity contribution in [3.63, 3.8) is 0 Å². The number of methoxy groups -OCH3 is 2. The summed E-state index contributed by atoms with van der Waals surface area (Å²) in [6, 6.07) is 10.2. The maximum absolute atomic E-state index is 11.8. The summed E-state index contributed by atoms with van der Waals surface area (Å²) in [4.78, 5) is 35.1. The average Bonchev–Trinajstić information content (AvgIpc) is 2.59. The molecule has 0 aliphatic heterocycles. The molecule has 0 saturated heterocycles. The number of carbonyl (C=O) groups excluding carboxylic acids is 2. The monoisotopic (exact) mass is 314 g/mol. The molecule has 23 heavy (non-hydrogen) atoms. The molecular formula is C16H14N2O5. The summed E-state index contributed by atoms with van der Waals surface area (Å²) in [6.45, 7) is 0. The molecular weight excluding hydrogens is 300 g/mol. The molecule has 2 aromatic rings. The number of hydrogen-bond acceptors (Lipinski definition) is 6. The van der Waals surface area contributed by atoms with Crippen LogP contribution in [0, 0.1) is 0 Å². The van der Waals surface area contributed by atoms with Gasteiger partial charge in [-0.05, 0) is 6.08 Å². The summed E-state index contributed by atoms with van der Waals surface area (Å²) in [5, 5.41) is 6.32. The van der Waals surface area contributed by atoms with Crippen molar-refractivity contribution in [1.82, 2.24) is 10.2 Å². The Hall–Kier alpha value is -3.22. The number of rotatable bonds is 4. The van der Waals surface area contributed by atoms with Crippen LogP contribution in [-0.4, -0.2) is 36.4 Å². The van der Waals surface area contributed by atoms with E-state index in [9.17, 15) is 14.4 Å². The minimum Gasteiger partial charge on any atom is -0.465 e. The van der Waals surface area contributed by atoms with Crippen molar-refractivity contribution >= 4 is 18.0 Å². The van der Waals surface area contributed by atoms with E-state index in [0.717, 1.165) is 14.2 Å². The van der Waals surface area contributed by atoms with E-state index >= 15 is 0 Å². The van der Waals surface area contributed by atoms with Gasteiger partial charge in [0.15, 0.2) is 0 Å². The van der Waals surface area contributed by atoms with Gasteiger partial charge in [0, 0.05) is 17.2 Å². The zero-order valence-corrected chi connectivity index (χ0v) is 12.5. The largest absolute Gasteiger partial charge is 0.465 e. The minimum atomic E-state index is -0.865. The summed E-state index contributed by atoms with van der Waals surface area (Å²) in [5.41, 5.74) is 0.620. The number of ether oxygens (including phenoxy) is 2. The van der Waals surface area contributed by atoms with Crippen LogP contribution in [0.25, 0.3) is 17.3 Å². The summed E-state index contributed by atoms with van der Waals surface area (Å²) < 4.78 is 9.14. The molecule has 7 nitrogen and oxygen atoms in total. The Balaban J connectivity index is 2.64. The van der Waals surface area contributed by atoms with Crippen molar-refractivity contribution in [1.29, 1.82) is 0 Å². The van der Waals surface area contributed by atoms with Crippen LogP contribution in [0.2, 0.25) is 0 Å². The number of aromatic amines is 1. The normalized spacial score (nSPS) is 9.83. The van der Waals surface area contributed by atoms with Crippen LogP contribution in [-0.2, 0) is 19.1 Å². The molecule has 0 aliphatic carbocycles. The second-order valence-electron chi connectivity index (χ2n) is 4.44. The number of H-pyrrole nitrogens is 1. The van der Waals surface area contributed by atoms with Crippen LogP contribution in [0.5, 0.6) is 0 Å². The van der Waals surface area contributed by atoms with Gasteiger partial charge in [0.1, 0.15) is 5.57 Å². The Kier molecular flexibility index (Phi) is 5.03. The fourth-order valence-corrected chi connectivity index (χ4v) is 1.93. The van der Waals surface area contributed by atoms with E-state index in [2.05, 4.69) is 19.7 Å². The van der Waals surface area contributed by atoms with Gasteiger partial charge in [-0.15, -0.1) is 0 Å². The third-order valence-electron chi connectivity index (χ3n) is 3.00. The number of hydrogen-bond donors (Lipinski definition) is 1. The summed E-state index contributed by atoms with van der Waals surface area (Å²) in [7, 11) is 2.29. The molecule has 0 amide bonds. The highest BCUT2D eigenvalue weighted by Crippen LogP contribution is 2.22. The maximum atomic E-state index is 11.8. The lowest BCUT2D eigenvalue weighted by atomic mass is 10.0. The van der Waals surface area contributed by atoms with Gasteiger partial charge in [-0.2, -0.15) is 5.10 Å². The first-order valence-electron chi connectivity index (χ1n) is 6.60. The fraction of sp³-hybridized carbons (Fsp3) is 0.125. The highest BCUT2D eigenvalue weighted by molar-refractivity contribution is 6.17. The lowest BCUT2D eigenvalue weighted by molar-refractivity contribution is -0.143. The van der Waals surface area contributed by atoms with E-state index in [1.807, 2.05) is 6.07 Å². The van der Waals surface area contributed by atoms with Crippen molar-refractivity contribution in [3.05, 3.63) is 57.9 Å². The maximum Gasteiger partial charge on any atom is 0.345 e. The van der Waals surface area contributed by atoms with E-state index in [1.165, 1.54) is 12.1 Å². The van der Waals surface area contributed by atoms with E-state index in [-0.39, 0.29) is 5.57 Å². The summed E-state index contributed by atoms with van der Waals surface area (Å²) >= 11 is 0. The van der Waals surface area contributed by atoms with Gasteiger partial charge in [0.05, 0.1) is 19.9 Å². The molecule has 118 valence electrons. The van der Waals surface area contributed by atoms with Gasteiger partial charge in [0.2, 0.25) is 0 Å². The van der Waals surface area contributed by atoms with E-state index in [4.69, 9.17) is 0 Å². The van der Waals surface area contributed by atoms with Crippen molar-refractivity contribution in [3.8, 4) is 11.3 Å². The van der Waals surface area contributed by atoms with Crippen LogP contribution in [0.15, 0.2) is 46.8 Å². The Labute approximate surface area is 131 Å². The molecule has 0 atom stereocenters. The lowest BCUT2D eigenvalue weighted by Gasteiger charge is -2.07. The van der Waals surface area contributed by atoms with Gasteiger partial charge in [-0.1, -0.05) is 30.3 Å². The van der Waals surface area contributed by atoms with E-state index in [1.54, 1.807) is 24.3 Å². The Bertz CT molecular complexity index is 791. The lowest BCUT2D eigenvalue weighted by Crippen LogP contribution is -2.16. The number of aromatic nitrogens is 2. The van der Waals surface area contributed by atoms with E-state index in [0.29, 0.717) is 16.8 Å². The van der Waals surface area contributed by atoms with Crippen LogP contribution in [0.3, 0.4) is 0 Å². The molecule has 0 fully saturated rings. The number of esters is 2. The molecule has 0 radical (unpaired) electrons. The van der Waals surface area contributed by atoms with Gasteiger partial charge < -0.3 is 9.47 Å². The first-order chi connectivity index (χ1) is 11.1. The molecule has 0 saturated carbocycles. The Morgan fingerprint density at radius 3 is 2.26 bits per heavy atom. The van der Waals surface area contributed by atoms with Crippen LogP contribution < -0.4 is 5.56 Å². The molecule has 1 aromatic heterocycles. The van der Waals surface area contributed by atoms with Crippen molar-refractivity contribution in [2.45, 2.75) is 0 Å². The summed E-state index contributed by atoms with van der Waals surface area (Å²) in [6.07, 6.45) is 1.22. The standard InChI is InChI=1S/C16H14N2O5/c1-22-15(20)12(16(21)23-2)8-11-9-13(19)17-18-14(11)10-6-4-3-5-7-10/h3-9H,1-2H3,(H,17,19). The number of nitrogens with zero attached hydrogens (tertiary/aromatic N) is 1. The summed E-state index contributed by atoms with van der Waals surface area (Å²) in [5.74, 6) is -1.73. The fourth-order valence-electron chi connectivity index (χ4n) is 1.93. The first-order valence-corrected chi connectivity index (χ1v) is 6.60. The SMILES string of the molecule is COC(=O)C(=Cc1cc(=O)[nH]nc1-c1ccccc1)C(=O)OC. The molecule has 2 rings (SSSR count). The highest BCUT2D eigenvalue weighted by Gasteiger charge is 2.21. The molecule has 7 heteroatoms. The predicted molar refractivity (Wildman–Crippen MR) is 82.3 cm³/mol. The zero-order chi connectivity index (χ0) is 16.8. The number of carbonyl (C=O) groups is 2. The zero-order valence-electron chi connectivity index (χ0n) is 12.5. The molecule has 0 spiro atoms. The number of benzene rings is 1. The highest BCUT2D eigenvalue weighted by atomic mass is 16.5. The smallest absolute Gasteiger partial charge is 0.345 e. The van der Waals surface area contributed by atoms with Crippen molar-refractivity contribution in [2.24, 2.45) is 0 Å². The van der Waals surface area contributed by atoms with Crippen molar-refractivity contribution in [2.75, 3.05) is 14.2 Å². The molecule has 1 aromatic carbocycles. The third kappa shape index (κ3) is 3.70. The van der Waals surface area contributed by atoms with Gasteiger partial charge in [-0.25, -0.2) is 14.7 Å². The molecule has 0 bridgehead atoms. The third-order valence-corrected chi connectivity index (χ3v) is 3.00. The first kappa shape index (κ1) is 16.2. The van der Waals surface area contributed by atoms with Crippen LogP contribution in [0.4, 0.5) is 0 Å². The molecule has 0 aliphatic rings. The Morgan fingerprint density at radius 2 is 1.70 bits per heavy atom. The quantitative estimate of drug-likeness (QED) is 0.394. The average molecular weight is 314 g/mol. The van der Waals surface area contributed by atoms with E-state index < -0.39 is 17.5 Å². The van der Waals surface area contributed by atoms with Gasteiger partial charge >= 0.3 is 11.9 Å². The van der Waals surface area contributed by atoms with Gasteiger partial charge in [0.25, 0.3) is 5.56 Å². The van der Waals surface area contributed by atoms with Gasteiger partial charge in [-0.3, -0.25) is 4.79 Å². The second-order valence-corrected chi connectivity index (χ2v) is 4.44. The number of nitrogens with one attached hydrogen (secondary N) is 1.